The molecule has 1 heterocycles. The van der Waals surface area contributed by atoms with Gasteiger partial charge in [0.25, 0.3) is 0 Å². The number of hydrogen-bond donors (Lipinski definition) is 1. The number of halogens is 1. The molecule has 2 aromatic rings. The Balaban J connectivity index is 2.44. The van der Waals surface area contributed by atoms with Gasteiger partial charge in [0.15, 0.2) is 0 Å². The molecular formula is C16H21ClN2OS. The monoisotopic (exact) mass is 324 g/mol. The molecule has 1 N–H and O–H groups in total. The molecule has 114 valence electrons. The third kappa shape index (κ3) is 3.96. The van der Waals surface area contributed by atoms with Crippen molar-refractivity contribution in [3.63, 3.8) is 0 Å². The first-order chi connectivity index (χ1) is 10.0. The highest BCUT2D eigenvalue weighted by atomic mass is 35.5. The van der Waals surface area contributed by atoms with Crippen LogP contribution in [0.4, 0.5) is 0 Å². The molecule has 1 aromatic carbocycles. The standard InChI is InChI=1S/C16H21ClN2OS/c1-10(2)7-13-15(9-18-3)21-16(19-13)12-6-5-11(17)8-14(12)20-4/h5-6,8,10,18H,7,9H2,1-4H3. The average molecular weight is 325 g/mol. The fourth-order valence-corrected chi connectivity index (χ4v) is 3.48. The SMILES string of the molecule is CNCc1sc(-c2ccc(Cl)cc2OC)nc1CC(C)C. The van der Waals surface area contributed by atoms with Crippen LogP contribution in [-0.4, -0.2) is 19.1 Å². The molecule has 0 bridgehead atoms. The van der Waals surface area contributed by atoms with Crippen molar-refractivity contribution in [1.82, 2.24) is 10.3 Å². The van der Waals surface area contributed by atoms with Crippen molar-refractivity contribution in [3.05, 3.63) is 33.8 Å². The predicted molar refractivity (Wildman–Crippen MR) is 90.4 cm³/mol. The van der Waals surface area contributed by atoms with E-state index in [1.165, 1.54) is 10.6 Å². The molecule has 1 aromatic heterocycles. The van der Waals surface area contributed by atoms with E-state index in [-0.39, 0.29) is 0 Å². The molecule has 0 aliphatic carbocycles. The Morgan fingerprint density at radius 2 is 2.14 bits per heavy atom. The van der Waals surface area contributed by atoms with Gasteiger partial charge in [0.1, 0.15) is 10.8 Å². The molecule has 0 radical (unpaired) electrons. The zero-order chi connectivity index (χ0) is 15.4. The summed E-state index contributed by atoms with van der Waals surface area (Å²) in [5.74, 6) is 1.35. The number of thiazole rings is 1. The summed E-state index contributed by atoms with van der Waals surface area (Å²) in [7, 11) is 3.62. The fourth-order valence-electron chi connectivity index (χ4n) is 2.19. The van der Waals surface area contributed by atoms with Crippen molar-refractivity contribution in [2.45, 2.75) is 26.8 Å². The molecule has 2 rings (SSSR count). The van der Waals surface area contributed by atoms with Gasteiger partial charge in [-0.15, -0.1) is 11.3 Å². The smallest absolute Gasteiger partial charge is 0.130 e. The zero-order valence-corrected chi connectivity index (χ0v) is 14.4. The van der Waals surface area contributed by atoms with Crippen LogP contribution in [-0.2, 0) is 13.0 Å². The summed E-state index contributed by atoms with van der Waals surface area (Å²) in [6.45, 7) is 5.27. The first-order valence-corrected chi connectivity index (χ1v) is 8.21. The quantitative estimate of drug-likeness (QED) is 0.855. The fraction of sp³-hybridized carbons (Fsp3) is 0.438. The van der Waals surface area contributed by atoms with Crippen LogP contribution >= 0.6 is 22.9 Å². The van der Waals surface area contributed by atoms with E-state index in [0.29, 0.717) is 10.9 Å². The summed E-state index contributed by atoms with van der Waals surface area (Å²) in [4.78, 5) is 6.12. The molecular weight excluding hydrogens is 304 g/mol. The van der Waals surface area contributed by atoms with E-state index in [0.717, 1.165) is 29.3 Å². The predicted octanol–water partition coefficient (Wildman–Crippen LogP) is 4.39. The lowest BCUT2D eigenvalue weighted by atomic mass is 10.1. The van der Waals surface area contributed by atoms with Crippen LogP contribution in [0.3, 0.4) is 0 Å². The summed E-state index contributed by atoms with van der Waals surface area (Å²) >= 11 is 7.75. The van der Waals surface area contributed by atoms with E-state index >= 15 is 0 Å². The first-order valence-electron chi connectivity index (χ1n) is 7.02. The molecule has 21 heavy (non-hydrogen) atoms. The number of methoxy groups -OCH3 is 1. The van der Waals surface area contributed by atoms with Crippen LogP contribution in [0.15, 0.2) is 18.2 Å². The normalized spacial score (nSPS) is 11.1. The molecule has 0 unspecified atom stereocenters. The number of nitrogens with one attached hydrogen (secondary N) is 1. The second-order valence-electron chi connectivity index (χ2n) is 5.36. The Hall–Kier alpha value is -1.10. The summed E-state index contributed by atoms with van der Waals surface area (Å²) in [5, 5.41) is 4.88. The van der Waals surface area contributed by atoms with Gasteiger partial charge in [0, 0.05) is 16.4 Å². The van der Waals surface area contributed by atoms with E-state index in [1.807, 2.05) is 25.2 Å². The lowest BCUT2D eigenvalue weighted by Crippen LogP contribution is -2.07. The number of rotatable bonds is 6. The number of hydrogen-bond acceptors (Lipinski definition) is 4. The van der Waals surface area contributed by atoms with Crippen molar-refractivity contribution < 1.29 is 4.74 Å². The Bertz CT molecular complexity index is 610. The van der Waals surface area contributed by atoms with Gasteiger partial charge in [-0.25, -0.2) is 4.98 Å². The lowest BCUT2D eigenvalue weighted by molar-refractivity contribution is 0.416. The number of ether oxygens (including phenoxy) is 1. The van der Waals surface area contributed by atoms with Crippen molar-refractivity contribution >= 4 is 22.9 Å². The van der Waals surface area contributed by atoms with Crippen LogP contribution in [0.5, 0.6) is 5.75 Å². The molecule has 0 amide bonds. The van der Waals surface area contributed by atoms with E-state index in [9.17, 15) is 0 Å². The maximum absolute atomic E-state index is 6.03. The van der Waals surface area contributed by atoms with Gasteiger partial charge in [-0.3, -0.25) is 0 Å². The third-order valence-corrected chi connectivity index (χ3v) is 4.48. The minimum absolute atomic E-state index is 0.586. The maximum atomic E-state index is 6.03. The first kappa shape index (κ1) is 16.3. The van der Waals surface area contributed by atoms with Crippen molar-refractivity contribution in [3.8, 4) is 16.3 Å². The number of nitrogens with zero attached hydrogens (tertiary/aromatic N) is 1. The largest absolute Gasteiger partial charge is 0.496 e. The molecule has 0 fully saturated rings. The van der Waals surface area contributed by atoms with Crippen molar-refractivity contribution in [1.29, 1.82) is 0 Å². The zero-order valence-electron chi connectivity index (χ0n) is 12.9. The average Bonchev–Trinajstić information content (AvgIpc) is 2.81. The molecule has 5 heteroatoms. The van der Waals surface area contributed by atoms with Gasteiger partial charge in [-0.1, -0.05) is 25.4 Å². The van der Waals surface area contributed by atoms with Gasteiger partial charge in [-0.2, -0.15) is 0 Å². The third-order valence-electron chi connectivity index (χ3n) is 3.11. The molecule has 3 nitrogen and oxygen atoms in total. The maximum Gasteiger partial charge on any atom is 0.130 e. The van der Waals surface area contributed by atoms with Gasteiger partial charge in [0.05, 0.1) is 18.4 Å². The molecule has 0 spiro atoms. The Kier molecular flexibility index (Phi) is 5.62. The van der Waals surface area contributed by atoms with E-state index in [4.69, 9.17) is 21.3 Å². The summed E-state index contributed by atoms with van der Waals surface area (Å²) in [6, 6.07) is 5.68. The Morgan fingerprint density at radius 1 is 1.38 bits per heavy atom. The molecule has 0 atom stereocenters. The van der Waals surface area contributed by atoms with Gasteiger partial charge in [-0.05, 0) is 37.6 Å². The molecule has 0 saturated heterocycles. The second kappa shape index (κ2) is 7.25. The summed E-state index contributed by atoms with van der Waals surface area (Å²) in [5.41, 5.74) is 2.18. The number of benzene rings is 1. The lowest BCUT2D eigenvalue weighted by Gasteiger charge is -2.06. The molecule has 0 aliphatic heterocycles. The topological polar surface area (TPSA) is 34.1 Å². The number of aromatic nitrogens is 1. The van der Waals surface area contributed by atoms with Gasteiger partial charge < -0.3 is 10.1 Å². The van der Waals surface area contributed by atoms with E-state index < -0.39 is 0 Å². The van der Waals surface area contributed by atoms with Crippen molar-refractivity contribution in [2.24, 2.45) is 5.92 Å². The minimum Gasteiger partial charge on any atom is -0.496 e. The van der Waals surface area contributed by atoms with Crippen LogP contribution in [0.2, 0.25) is 5.02 Å². The highest BCUT2D eigenvalue weighted by molar-refractivity contribution is 7.15. The Labute approximate surface area is 135 Å². The minimum atomic E-state index is 0.586. The van der Waals surface area contributed by atoms with E-state index in [1.54, 1.807) is 18.4 Å². The second-order valence-corrected chi connectivity index (χ2v) is 6.88. The summed E-state index contributed by atoms with van der Waals surface area (Å²) in [6.07, 6.45) is 0.990. The highest BCUT2D eigenvalue weighted by Crippen LogP contribution is 2.36. The van der Waals surface area contributed by atoms with Crippen LogP contribution in [0.25, 0.3) is 10.6 Å². The van der Waals surface area contributed by atoms with Gasteiger partial charge >= 0.3 is 0 Å². The molecule has 0 saturated carbocycles. The van der Waals surface area contributed by atoms with Gasteiger partial charge in [0.2, 0.25) is 0 Å². The van der Waals surface area contributed by atoms with Crippen LogP contribution in [0, 0.1) is 5.92 Å². The van der Waals surface area contributed by atoms with E-state index in [2.05, 4.69) is 19.2 Å². The molecule has 0 aliphatic rings. The Morgan fingerprint density at radius 3 is 2.76 bits per heavy atom. The highest BCUT2D eigenvalue weighted by Gasteiger charge is 2.16. The van der Waals surface area contributed by atoms with Crippen molar-refractivity contribution in [2.75, 3.05) is 14.2 Å². The van der Waals surface area contributed by atoms with Crippen LogP contribution in [0.1, 0.15) is 24.4 Å². The van der Waals surface area contributed by atoms with Crippen LogP contribution < -0.4 is 10.1 Å². The summed E-state index contributed by atoms with van der Waals surface area (Å²) < 4.78 is 5.44.